The van der Waals surface area contributed by atoms with Gasteiger partial charge in [0.1, 0.15) is 0 Å². The zero-order chi connectivity index (χ0) is 21.0. The van der Waals surface area contributed by atoms with Crippen molar-refractivity contribution in [2.45, 2.75) is 64.7 Å². The molecule has 3 nitrogen and oxygen atoms in total. The zero-order valence-electron chi connectivity index (χ0n) is 18.1. The average molecular weight is 424 g/mol. The van der Waals surface area contributed by atoms with E-state index in [2.05, 4.69) is 41.6 Å². The third-order valence-corrected chi connectivity index (χ3v) is 5.74. The molecule has 0 saturated heterocycles. The Morgan fingerprint density at radius 3 is 2.30 bits per heavy atom. The van der Waals surface area contributed by atoms with Gasteiger partial charge in [-0.1, -0.05) is 82.0 Å². The van der Waals surface area contributed by atoms with Gasteiger partial charge in [0.25, 0.3) is 0 Å². The van der Waals surface area contributed by atoms with Gasteiger partial charge in [-0.15, -0.1) is 0 Å². The SMILES string of the molecule is CCCCCCCCCCCN/C=C1\N=C(c2ccc[nH]2)C=C1c1ccc(Cl)cc1. The third-order valence-electron chi connectivity index (χ3n) is 5.49. The van der Waals surface area contributed by atoms with Gasteiger partial charge in [-0.2, -0.15) is 0 Å². The van der Waals surface area contributed by atoms with Gasteiger partial charge in [0.05, 0.1) is 17.1 Å². The summed E-state index contributed by atoms with van der Waals surface area (Å²) in [6.45, 7) is 3.26. The van der Waals surface area contributed by atoms with Gasteiger partial charge in [-0.3, -0.25) is 0 Å². The molecule has 0 atom stereocenters. The summed E-state index contributed by atoms with van der Waals surface area (Å²) in [5.74, 6) is 0. The van der Waals surface area contributed by atoms with Crippen LogP contribution < -0.4 is 5.32 Å². The highest BCUT2D eigenvalue weighted by Crippen LogP contribution is 2.30. The fraction of sp³-hybridized carbons (Fsp3) is 0.423. The van der Waals surface area contributed by atoms with Crippen molar-refractivity contribution in [2.75, 3.05) is 6.54 Å². The lowest BCUT2D eigenvalue weighted by Gasteiger charge is -2.06. The van der Waals surface area contributed by atoms with Crippen LogP contribution in [0.15, 0.2) is 65.6 Å². The van der Waals surface area contributed by atoms with Gasteiger partial charge < -0.3 is 10.3 Å². The molecular formula is C26H34ClN3. The molecule has 30 heavy (non-hydrogen) atoms. The van der Waals surface area contributed by atoms with Crippen molar-refractivity contribution in [3.63, 3.8) is 0 Å². The van der Waals surface area contributed by atoms with Crippen LogP contribution in [0.2, 0.25) is 5.02 Å². The Morgan fingerprint density at radius 2 is 1.63 bits per heavy atom. The quantitative estimate of drug-likeness (QED) is 0.321. The predicted octanol–water partition coefficient (Wildman–Crippen LogP) is 7.52. The number of nitrogens with one attached hydrogen (secondary N) is 2. The minimum atomic E-state index is 0.747. The number of rotatable bonds is 13. The zero-order valence-corrected chi connectivity index (χ0v) is 18.8. The summed E-state index contributed by atoms with van der Waals surface area (Å²) in [4.78, 5) is 8.10. The topological polar surface area (TPSA) is 40.2 Å². The van der Waals surface area contributed by atoms with Gasteiger partial charge in [-0.25, -0.2) is 4.99 Å². The Bertz CT molecular complexity index is 845. The fourth-order valence-electron chi connectivity index (χ4n) is 3.74. The third kappa shape index (κ3) is 6.91. The van der Waals surface area contributed by atoms with Crippen LogP contribution in [-0.4, -0.2) is 17.2 Å². The standard InChI is InChI=1S/C26H34ClN3/c1-2-3-4-5-6-7-8-9-10-17-28-20-26-23(21-13-15-22(27)16-14-21)19-25(30-26)24-12-11-18-29-24/h11-16,18-20,28-29H,2-10,17H2,1H3/b26-20-. The van der Waals surface area contributed by atoms with E-state index >= 15 is 0 Å². The molecule has 0 unspecified atom stereocenters. The Morgan fingerprint density at radius 1 is 0.933 bits per heavy atom. The first-order valence-electron chi connectivity index (χ1n) is 11.4. The number of benzene rings is 1. The maximum Gasteiger partial charge on any atom is 0.0879 e. The first-order chi connectivity index (χ1) is 14.8. The molecule has 2 heterocycles. The molecule has 0 bridgehead atoms. The molecule has 1 aromatic heterocycles. The van der Waals surface area contributed by atoms with E-state index in [0.717, 1.165) is 39.8 Å². The van der Waals surface area contributed by atoms with E-state index in [0.29, 0.717) is 0 Å². The first kappa shape index (κ1) is 22.4. The van der Waals surface area contributed by atoms with E-state index in [-0.39, 0.29) is 0 Å². The number of allylic oxidation sites excluding steroid dienone is 2. The van der Waals surface area contributed by atoms with Crippen LogP contribution >= 0.6 is 11.6 Å². The van der Waals surface area contributed by atoms with Gasteiger partial charge >= 0.3 is 0 Å². The van der Waals surface area contributed by atoms with Crippen LogP contribution in [0.25, 0.3) is 5.57 Å². The van der Waals surface area contributed by atoms with Crippen LogP contribution in [0.4, 0.5) is 0 Å². The Kier molecular flexibility index (Phi) is 9.30. The van der Waals surface area contributed by atoms with E-state index < -0.39 is 0 Å². The van der Waals surface area contributed by atoms with Gasteiger partial charge in [0, 0.05) is 29.5 Å². The lowest BCUT2D eigenvalue weighted by molar-refractivity contribution is 0.561. The average Bonchev–Trinajstić information content (AvgIpc) is 3.43. The van der Waals surface area contributed by atoms with Gasteiger partial charge in [0.15, 0.2) is 0 Å². The summed E-state index contributed by atoms with van der Waals surface area (Å²) >= 11 is 6.07. The highest BCUT2D eigenvalue weighted by Gasteiger charge is 2.17. The second kappa shape index (κ2) is 12.4. The Balaban J connectivity index is 1.49. The van der Waals surface area contributed by atoms with Crippen LogP contribution in [0.1, 0.15) is 76.0 Å². The molecule has 2 aromatic rings. The van der Waals surface area contributed by atoms with Crippen molar-refractivity contribution in [1.29, 1.82) is 0 Å². The minimum Gasteiger partial charge on any atom is -0.389 e. The van der Waals surface area contributed by atoms with Crippen LogP contribution in [0, 0.1) is 0 Å². The highest BCUT2D eigenvalue weighted by molar-refractivity contribution is 6.30. The molecule has 1 aromatic carbocycles. The maximum atomic E-state index is 6.07. The Hall–Kier alpha value is -2.26. The number of halogens is 1. The van der Waals surface area contributed by atoms with E-state index in [1.165, 1.54) is 57.8 Å². The van der Waals surface area contributed by atoms with E-state index in [4.69, 9.17) is 16.6 Å². The summed E-state index contributed by atoms with van der Waals surface area (Å²) in [6.07, 6.45) is 18.2. The molecule has 0 amide bonds. The fourth-order valence-corrected chi connectivity index (χ4v) is 3.86. The molecule has 3 rings (SSSR count). The normalized spacial score (nSPS) is 14.8. The minimum absolute atomic E-state index is 0.747. The molecule has 1 aliphatic heterocycles. The summed E-state index contributed by atoms with van der Waals surface area (Å²) in [6, 6.07) is 12.0. The van der Waals surface area contributed by atoms with E-state index in [1.54, 1.807) is 0 Å². The van der Waals surface area contributed by atoms with E-state index in [1.807, 2.05) is 30.5 Å². The van der Waals surface area contributed by atoms with E-state index in [9.17, 15) is 0 Å². The monoisotopic (exact) mass is 423 g/mol. The number of aromatic amines is 1. The summed E-state index contributed by atoms with van der Waals surface area (Å²) < 4.78 is 0. The molecule has 0 spiro atoms. The lowest BCUT2D eigenvalue weighted by Crippen LogP contribution is -2.08. The van der Waals surface area contributed by atoms with Crippen LogP contribution in [-0.2, 0) is 0 Å². The maximum absolute atomic E-state index is 6.07. The second-order valence-corrected chi connectivity index (χ2v) is 8.39. The van der Waals surface area contributed by atoms with Gasteiger partial charge in [-0.05, 0) is 42.3 Å². The number of H-pyrrole nitrogens is 1. The van der Waals surface area contributed by atoms with Crippen molar-refractivity contribution in [1.82, 2.24) is 10.3 Å². The van der Waals surface area contributed by atoms with Crippen molar-refractivity contribution < 1.29 is 0 Å². The first-order valence-corrected chi connectivity index (χ1v) is 11.8. The molecule has 0 aliphatic carbocycles. The van der Waals surface area contributed by atoms with Gasteiger partial charge in [0.2, 0.25) is 0 Å². The summed E-state index contributed by atoms with van der Waals surface area (Å²) in [5, 5.41) is 4.22. The number of hydrogen-bond donors (Lipinski definition) is 2. The number of nitrogens with zero attached hydrogens (tertiary/aromatic N) is 1. The van der Waals surface area contributed by atoms with Crippen molar-refractivity contribution >= 4 is 22.9 Å². The van der Waals surface area contributed by atoms with Crippen LogP contribution in [0.3, 0.4) is 0 Å². The number of aromatic nitrogens is 1. The largest absolute Gasteiger partial charge is 0.389 e. The number of hydrogen-bond acceptors (Lipinski definition) is 2. The summed E-state index contributed by atoms with van der Waals surface area (Å²) in [5.41, 5.74) is 5.21. The smallest absolute Gasteiger partial charge is 0.0879 e. The molecule has 2 N–H and O–H groups in total. The molecule has 0 radical (unpaired) electrons. The highest BCUT2D eigenvalue weighted by atomic mass is 35.5. The van der Waals surface area contributed by atoms with Crippen molar-refractivity contribution in [3.05, 3.63) is 76.8 Å². The molecule has 1 aliphatic rings. The Labute approximate surface area is 186 Å². The molecule has 4 heteroatoms. The predicted molar refractivity (Wildman–Crippen MR) is 130 cm³/mol. The summed E-state index contributed by atoms with van der Waals surface area (Å²) in [7, 11) is 0. The van der Waals surface area contributed by atoms with Crippen molar-refractivity contribution in [3.8, 4) is 0 Å². The number of unbranched alkanes of at least 4 members (excludes halogenated alkanes) is 8. The molecule has 0 saturated carbocycles. The second-order valence-electron chi connectivity index (χ2n) is 7.96. The van der Waals surface area contributed by atoms with Crippen LogP contribution in [0.5, 0.6) is 0 Å². The lowest BCUT2D eigenvalue weighted by atomic mass is 10.0. The molecular weight excluding hydrogens is 390 g/mol. The molecule has 160 valence electrons. The molecule has 0 fully saturated rings. The number of aliphatic imine (C=N–C) groups is 1. The van der Waals surface area contributed by atoms with Crippen molar-refractivity contribution in [2.24, 2.45) is 4.99 Å².